The van der Waals surface area contributed by atoms with Gasteiger partial charge in [0, 0.05) is 43.6 Å². The van der Waals surface area contributed by atoms with Gasteiger partial charge in [-0.15, -0.1) is 0 Å². The molecule has 1 saturated heterocycles. The second-order valence-corrected chi connectivity index (χ2v) is 6.79. The van der Waals surface area contributed by atoms with E-state index in [-0.39, 0.29) is 0 Å². The SMILES string of the molecule is Cc1cccc(N2CCN(C(=S)Nc3ccc4c(c3)OCCO4)CC2)n1. The summed E-state index contributed by atoms with van der Waals surface area (Å²) in [6.07, 6.45) is 0. The van der Waals surface area contributed by atoms with Crippen molar-refractivity contribution in [3.05, 3.63) is 42.1 Å². The van der Waals surface area contributed by atoms with E-state index in [1.54, 1.807) is 0 Å². The van der Waals surface area contributed by atoms with Gasteiger partial charge < -0.3 is 24.6 Å². The number of benzene rings is 1. The number of anilines is 2. The largest absolute Gasteiger partial charge is 0.486 e. The van der Waals surface area contributed by atoms with Gasteiger partial charge in [-0.25, -0.2) is 4.98 Å². The molecule has 0 bridgehead atoms. The van der Waals surface area contributed by atoms with Gasteiger partial charge in [0.15, 0.2) is 16.6 Å². The molecule has 0 unspecified atom stereocenters. The molecule has 1 N–H and O–H groups in total. The summed E-state index contributed by atoms with van der Waals surface area (Å²) in [6.45, 7) is 6.73. The number of rotatable bonds is 2. The molecule has 6 nitrogen and oxygen atoms in total. The zero-order valence-corrected chi connectivity index (χ0v) is 15.6. The first-order chi connectivity index (χ1) is 12.7. The van der Waals surface area contributed by atoms with Crippen molar-refractivity contribution in [3.8, 4) is 11.5 Å². The van der Waals surface area contributed by atoms with E-state index in [0.29, 0.717) is 13.2 Å². The maximum Gasteiger partial charge on any atom is 0.173 e. The fourth-order valence-corrected chi connectivity index (χ4v) is 3.47. The number of piperazine rings is 1. The van der Waals surface area contributed by atoms with Crippen molar-refractivity contribution in [1.29, 1.82) is 0 Å². The minimum Gasteiger partial charge on any atom is -0.486 e. The van der Waals surface area contributed by atoms with Crippen molar-refractivity contribution in [1.82, 2.24) is 9.88 Å². The summed E-state index contributed by atoms with van der Waals surface area (Å²) in [5, 5.41) is 4.05. The first-order valence-corrected chi connectivity index (χ1v) is 9.24. The quantitative estimate of drug-likeness (QED) is 0.816. The van der Waals surface area contributed by atoms with Crippen LogP contribution in [-0.2, 0) is 0 Å². The summed E-state index contributed by atoms with van der Waals surface area (Å²) < 4.78 is 11.2. The van der Waals surface area contributed by atoms with Crippen molar-refractivity contribution in [3.63, 3.8) is 0 Å². The van der Waals surface area contributed by atoms with Crippen molar-refractivity contribution < 1.29 is 9.47 Å². The van der Waals surface area contributed by atoms with Crippen LogP contribution in [0.5, 0.6) is 11.5 Å². The Morgan fingerprint density at radius 3 is 2.58 bits per heavy atom. The maximum absolute atomic E-state index is 5.63. The van der Waals surface area contributed by atoms with Crippen molar-refractivity contribution in [2.24, 2.45) is 0 Å². The van der Waals surface area contributed by atoms with Gasteiger partial charge in [-0.3, -0.25) is 0 Å². The Labute approximate surface area is 158 Å². The lowest BCUT2D eigenvalue weighted by molar-refractivity contribution is 0.171. The number of fused-ring (bicyclic) bond motifs is 1. The maximum atomic E-state index is 5.63. The van der Waals surface area contributed by atoms with Gasteiger partial charge in [-0.1, -0.05) is 6.07 Å². The predicted octanol–water partition coefficient (Wildman–Crippen LogP) is 2.68. The number of nitrogens with zero attached hydrogens (tertiary/aromatic N) is 3. The second kappa shape index (κ2) is 7.37. The van der Waals surface area contributed by atoms with Gasteiger partial charge >= 0.3 is 0 Å². The molecule has 2 aromatic rings. The molecule has 0 spiro atoms. The topological polar surface area (TPSA) is 49.9 Å². The summed E-state index contributed by atoms with van der Waals surface area (Å²) in [5.74, 6) is 2.58. The Morgan fingerprint density at radius 2 is 1.81 bits per heavy atom. The smallest absolute Gasteiger partial charge is 0.173 e. The first-order valence-electron chi connectivity index (χ1n) is 8.83. The Hall–Kier alpha value is -2.54. The third kappa shape index (κ3) is 3.67. The Balaban J connectivity index is 1.35. The average Bonchev–Trinajstić information content (AvgIpc) is 2.68. The number of aromatic nitrogens is 1. The average molecular weight is 370 g/mol. The monoisotopic (exact) mass is 370 g/mol. The van der Waals surface area contributed by atoms with Gasteiger partial charge in [0.2, 0.25) is 0 Å². The zero-order valence-electron chi connectivity index (χ0n) is 14.8. The summed E-state index contributed by atoms with van der Waals surface area (Å²) >= 11 is 5.60. The highest BCUT2D eigenvalue weighted by Crippen LogP contribution is 2.32. The molecule has 4 rings (SSSR count). The van der Waals surface area contributed by atoms with Crippen molar-refractivity contribution in [2.75, 3.05) is 49.6 Å². The van der Waals surface area contributed by atoms with E-state index < -0.39 is 0 Å². The molecule has 0 aliphatic carbocycles. The van der Waals surface area contributed by atoms with Gasteiger partial charge in [-0.2, -0.15) is 0 Å². The van der Waals surface area contributed by atoms with Crippen LogP contribution in [0.15, 0.2) is 36.4 Å². The number of ether oxygens (including phenoxy) is 2. The summed E-state index contributed by atoms with van der Waals surface area (Å²) in [5.41, 5.74) is 1.96. The Bertz CT molecular complexity index is 806. The third-order valence-electron chi connectivity index (χ3n) is 4.56. The first kappa shape index (κ1) is 16.9. The highest BCUT2D eigenvalue weighted by atomic mass is 32.1. The lowest BCUT2D eigenvalue weighted by Gasteiger charge is -2.37. The number of aryl methyl sites for hydroxylation is 1. The van der Waals surface area contributed by atoms with Gasteiger partial charge in [0.25, 0.3) is 0 Å². The lowest BCUT2D eigenvalue weighted by atomic mass is 10.2. The van der Waals surface area contributed by atoms with Crippen LogP contribution in [0.2, 0.25) is 0 Å². The third-order valence-corrected chi connectivity index (χ3v) is 4.92. The van der Waals surface area contributed by atoms with Gasteiger partial charge in [0.05, 0.1) is 0 Å². The number of nitrogens with one attached hydrogen (secondary N) is 1. The molecule has 0 saturated carbocycles. The minimum absolute atomic E-state index is 0.579. The molecule has 136 valence electrons. The highest BCUT2D eigenvalue weighted by molar-refractivity contribution is 7.80. The molecule has 0 amide bonds. The van der Waals surface area contributed by atoms with E-state index in [0.717, 1.165) is 60.0 Å². The highest BCUT2D eigenvalue weighted by Gasteiger charge is 2.20. The van der Waals surface area contributed by atoms with Crippen LogP contribution in [0.4, 0.5) is 11.5 Å². The van der Waals surface area contributed by atoms with Crippen molar-refractivity contribution >= 4 is 28.8 Å². The van der Waals surface area contributed by atoms with E-state index in [1.165, 1.54) is 0 Å². The molecule has 1 fully saturated rings. The number of thiocarbonyl (C=S) groups is 1. The Morgan fingerprint density at radius 1 is 1.04 bits per heavy atom. The molecule has 2 aliphatic heterocycles. The number of hydrogen-bond acceptors (Lipinski definition) is 5. The summed E-state index contributed by atoms with van der Waals surface area (Å²) in [7, 11) is 0. The standard InChI is InChI=1S/C19H22N4O2S/c1-14-3-2-4-18(20-14)22-7-9-23(10-8-22)19(26)21-15-5-6-16-17(13-15)25-12-11-24-16/h2-6,13H,7-12H2,1H3,(H,21,26). The van der Waals surface area contributed by atoms with Crippen LogP contribution in [0.1, 0.15) is 5.69 Å². The van der Waals surface area contributed by atoms with Crippen LogP contribution in [0, 0.1) is 6.92 Å². The van der Waals surface area contributed by atoms with Crippen LogP contribution in [-0.4, -0.2) is 54.4 Å². The molecule has 7 heteroatoms. The lowest BCUT2D eigenvalue weighted by Crippen LogP contribution is -2.50. The molecular formula is C19H22N4O2S. The predicted molar refractivity (Wildman–Crippen MR) is 106 cm³/mol. The fourth-order valence-electron chi connectivity index (χ4n) is 3.17. The van der Waals surface area contributed by atoms with Gasteiger partial charge in [0.1, 0.15) is 19.0 Å². The van der Waals surface area contributed by atoms with E-state index in [1.807, 2.05) is 31.2 Å². The molecule has 1 aromatic heterocycles. The molecule has 0 atom stereocenters. The van der Waals surface area contributed by atoms with Crippen LogP contribution in [0.3, 0.4) is 0 Å². The fraction of sp³-hybridized carbons (Fsp3) is 0.368. The molecule has 1 aromatic carbocycles. The molecule has 3 heterocycles. The molecule has 0 radical (unpaired) electrons. The molecule has 2 aliphatic rings. The van der Waals surface area contributed by atoms with Crippen LogP contribution < -0.4 is 19.7 Å². The minimum atomic E-state index is 0.579. The van der Waals surface area contributed by atoms with E-state index in [4.69, 9.17) is 21.7 Å². The number of pyridine rings is 1. The number of hydrogen-bond donors (Lipinski definition) is 1. The van der Waals surface area contributed by atoms with Gasteiger partial charge in [-0.05, 0) is 43.4 Å². The van der Waals surface area contributed by atoms with Crippen LogP contribution in [0.25, 0.3) is 0 Å². The van der Waals surface area contributed by atoms with E-state index >= 15 is 0 Å². The summed E-state index contributed by atoms with van der Waals surface area (Å²) in [4.78, 5) is 9.10. The van der Waals surface area contributed by atoms with E-state index in [2.05, 4.69) is 32.2 Å². The summed E-state index contributed by atoms with van der Waals surface area (Å²) in [6, 6.07) is 12.0. The second-order valence-electron chi connectivity index (χ2n) is 6.40. The van der Waals surface area contributed by atoms with Crippen LogP contribution >= 0.6 is 12.2 Å². The Kier molecular flexibility index (Phi) is 4.79. The zero-order chi connectivity index (χ0) is 17.9. The molecular weight excluding hydrogens is 348 g/mol. The molecule has 26 heavy (non-hydrogen) atoms. The van der Waals surface area contributed by atoms with E-state index in [9.17, 15) is 0 Å². The normalized spacial score (nSPS) is 16.3. The van der Waals surface area contributed by atoms with Crippen molar-refractivity contribution in [2.45, 2.75) is 6.92 Å².